The van der Waals surface area contributed by atoms with Gasteiger partial charge in [0.25, 0.3) is 0 Å². The van der Waals surface area contributed by atoms with Gasteiger partial charge in [0.2, 0.25) is 33.7 Å². The van der Waals surface area contributed by atoms with Gasteiger partial charge in [-0.15, -0.1) is 0 Å². The number of hydrogen-bond donors (Lipinski definition) is 7. The van der Waals surface area contributed by atoms with Crippen LogP contribution in [-0.2, 0) is 59.7 Å². The Bertz CT molecular complexity index is 3160. The molecule has 15 nitrogen and oxygen atoms in total. The maximum atomic E-state index is 14.6. The number of rotatable bonds is 24. The number of amides is 4. The van der Waals surface area contributed by atoms with E-state index in [9.17, 15) is 42.6 Å². The first-order chi connectivity index (χ1) is 35.1. The second kappa shape index (κ2) is 24.8. The smallest absolute Gasteiger partial charge is 0.326 e. The molecule has 0 aromatic heterocycles. The molecular weight excluding hydrogens is 945 g/mol. The molecule has 73 heavy (non-hydrogen) atoms. The summed E-state index contributed by atoms with van der Waals surface area (Å²) in [6.07, 6.45) is 0.317. The lowest BCUT2D eigenvalue weighted by atomic mass is 10.0. The van der Waals surface area contributed by atoms with Crippen LogP contribution < -0.4 is 30.9 Å². The van der Waals surface area contributed by atoms with Crippen LogP contribution in [0.3, 0.4) is 0 Å². The van der Waals surface area contributed by atoms with E-state index < -0.39 is 63.8 Å². The van der Waals surface area contributed by atoms with Gasteiger partial charge in [-0.1, -0.05) is 140 Å². The highest BCUT2D eigenvalue weighted by Gasteiger charge is 2.32. The fourth-order valence-corrected chi connectivity index (χ4v) is 9.99. The monoisotopic (exact) mass is 1000 g/mol. The average molecular weight is 1010 g/mol. The Morgan fingerprint density at radius 3 is 1.68 bits per heavy atom. The van der Waals surface area contributed by atoms with Crippen molar-refractivity contribution in [3.05, 3.63) is 186 Å². The molecule has 0 saturated carbocycles. The number of fused-ring (bicyclic) bond motifs is 2. The third kappa shape index (κ3) is 14.7. The Hall–Kier alpha value is -8.08. The van der Waals surface area contributed by atoms with Crippen LogP contribution in [0, 0.1) is 0 Å². The van der Waals surface area contributed by atoms with Crippen molar-refractivity contribution in [2.75, 3.05) is 25.5 Å². The van der Waals surface area contributed by atoms with Gasteiger partial charge in [0.15, 0.2) is 0 Å². The predicted molar refractivity (Wildman–Crippen MR) is 282 cm³/mol. The Morgan fingerprint density at radius 2 is 1.04 bits per heavy atom. The second-order valence-corrected chi connectivity index (χ2v) is 19.9. The van der Waals surface area contributed by atoms with Gasteiger partial charge in [0.1, 0.15) is 29.9 Å². The molecule has 0 radical (unpaired) electrons. The Labute approximate surface area is 425 Å². The van der Waals surface area contributed by atoms with Crippen molar-refractivity contribution >= 4 is 66.9 Å². The van der Waals surface area contributed by atoms with Crippen molar-refractivity contribution in [1.29, 1.82) is 0 Å². The molecule has 0 heterocycles. The lowest BCUT2D eigenvalue weighted by Crippen LogP contribution is -2.58. The standard InChI is InChI=1S/C57H60N6O9S/c1-63(2)51-24-13-22-46-45(51)21-14-25-52(46)73(71,72)58-32-12-11-23-47(54(66)62-50(57(69)70)36-40-27-30-44(64)31-28-40)60-56(68)49(35-39-17-7-4-8-18-39)61-55(67)48(34-38-15-5-3-6-16-38)59-53(65)37-41-26-29-42-19-9-10-20-43(42)33-41/h3-10,13-22,24-31,33,47-50,58,64H,11-12,23,32,34-37H2,1-2H3,(H,59,65)(H,60,68)(H,61,67)(H,62,66)(H,69,70)/t47-,48-,49-,50-/m0/s1. The SMILES string of the molecule is CN(C)c1cccc2c(S(=O)(=O)NCCCC[C@H](NC(=O)[C@H](Cc3ccccc3)NC(=O)[C@H](Cc3ccccc3)NC(=O)Cc3ccc4ccccc4c3)C(=O)N[C@@H](Cc3ccc(O)cc3)C(=O)O)cccc12. The molecule has 7 aromatic carbocycles. The van der Waals surface area contributed by atoms with Gasteiger partial charge in [0.05, 0.1) is 11.3 Å². The largest absolute Gasteiger partial charge is 0.508 e. The number of nitrogens with zero attached hydrogens (tertiary/aromatic N) is 1. The normalized spacial score (nSPS) is 13.0. The van der Waals surface area contributed by atoms with Crippen LogP contribution in [0.1, 0.15) is 41.5 Å². The highest BCUT2D eigenvalue weighted by atomic mass is 32.2. The first-order valence-electron chi connectivity index (χ1n) is 24.1. The van der Waals surface area contributed by atoms with Gasteiger partial charge in [-0.2, -0.15) is 0 Å². The number of phenols is 1. The molecule has 4 atom stereocenters. The van der Waals surface area contributed by atoms with E-state index in [0.29, 0.717) is 16.5 Å². The van der Waals surface area contributed by atoms with Gasteiger partial charge in [-0.3, -0.25) is 19.2 Å². The van der Waals surface area contributed by atoms with E-state index >= 15 is 0 Å². The van der Waals surface area contributed by atoms with Crippen LogP contribution in [0.5, 0.6) is 5.75 Å². The number of sulfonamides is 1. The third-order valence-electron chi connectivity index (χ3n) is 12.5. The predicted octanol–water partition coefficient (Wildman–Crippen LogP) is 6.21. The number of aromatic hydroxyl groups is 1. The summed E-state index contributed by atoms with van der Waals surface area (Å²) in [5, 5.41) is 34.4. The molecule has 378 valence electrons. The molecule has 4 amide bonds. The van der Waals surface area contributed by atoms with Crippen LogP contribution in [0.15, 0.2) is 169 Å². The Morgan fingerprint density at radius 1 is 0.521 bits per heavy atom. The zero-order valence-electron chi connectivity index (χ0n) is 40.7. The first-order valence-corrected chi connectivity index (χ1v) is 25.6. The number of carboxylic acids is 1. The maximum Gasteiger partial charge on any atom is 0.326 e. The van der Waals surface area contributed by atoms with Crippen molar-refractivity contribution in [3.63, 3.8) is 0 Å². The molecule has 0 aliphatic carbocycles. The highest BCUT2D eigenvalue weighted by Crippen LogP contribution is 2.30. The first kappa shape index (κ1) is 52.7. The summed E-state index contributed by atoms with van der Waals surface area (Å²) in [6, 6.07) is 42.7. The quantitative estimate of drug-likeness (QED) is 0.0339. The van der Waals surface area contributed by atoms with Crippen LogP contribution in [0.25, 0.3) is 21.5 Å². The summed E-state index contributed by atoms with van der Waals surface area (Å²) in [4.78, 5) is 71.6. The fourth-order valence-electron chi connectivity index (χ4n) is 8.70. The summed E-state index contributed by atoms with van der Waals surface area (Å²) >= 11 is 0. The topological polar surface area (TPSA) is 223 Å². The van der Waals surface area contributed by atoms with E-state index in [4.69, 9.17) is 0 Å². The molecule has 0 saturated heterocycles. The van der Waals surface area contributed by atoms with Gasteiger partial charge in [0, 0.05) is 56.4 Å². The highest BCUT2D eigenvalue weighted by molar-refractivity contribution is 7.89. The molecular formula is C57H60N6O9S. The molecule has 7 N–H and O–H groups in total. The summed E-state index contributed by atoms with van der Waals surface area (Å²) < 4.78 is 30.1. The van der Waals surface area contributed by atoms with Crippen LogP contribution in [0.4, 0.5) is 5.69 Å². The second-order valence-electron chi connectivity index (χ2n) is 18.2. The zero-order chi connectivity index (χ0) is 51.9. The van der Waals surface area contributed by atoms with E-state index in [1.165, 1.54) is 30.3 Å². The van der Waals surface area contributed by atoms with Gasteiger partial charge in [-0.05, 0) is 76.6 Å². The van der Waals surface area contributed by atoms with Crippen molar-refractivity contribution in [2.45, 2.75) is 74.0 Å². The summed E-state index contributed by atoms with van der Waals surface area (Å²) in [5.41, 5.74) is 3.55. The third-order valence-corrected chi connectivity index (χ3v) is 14.0. The van der Waals surface area contributed by atoms with E-state index in [-0.39, 0.29) is 62.1 Å². The molecule has 7 rings (SSSR count). The average Bonchev–Trinajstić information content (AvgIpc) is 3.38. The number of aliphatic carboxylic acids is 1. The molecule has 0 fully saturated rings. The molecule has 7 aromatic rings. The summed E-state index contributed by atoms with van der Waals surface area (Å²) in [7, 11) is -0.248. The minimum absolute atomic E-state index is 0.0135. The summed E-state index contributed by atoms with van der Waals surface area (Å²) in [5.74, 6) is -3.99. The Kier molecular flexibility index (Phi) is 17.9. The minimum Gasteiger partial charge on any atom is -0.508 e. The maximum absolute atomic E-state index is 14.6. The van der Waals surface area contributed by atoms with Crippen molar-refractivity contribution < 1.29 is 42.6 Å². The number of hydrogen-bond acceptors (Lipinski definition) is 9. The van der Waals surface area contributed by atoms with E-state index in [1.807, 2.05) is 104 Å². The molecule has 0 unspecified atom stereocenters. The van der Waals surface area contributed by atoms with E-state index in [0.717, 1.165) is 33.0 Å². The van der Waals surface area contributed by atoms with Crippen LogP contribution in [0.2, 0.25) is 0 Å². The lowest BCUT2D eigenvalue weighted by molar-refractivity contribution is -0.142. The molecule has 0 bridgehead atoms. The lowest BCUT2D eigenvalue weighted by Gasteiger charge is -2.26. The number of unbranched alkanes of at least 4 members (excludes halogenated alkanes) is 1. The number of anilines is 1. The molecule has 16 heteroatoms. The number of carbonyl (C=O) groups is 5. The van der Waals surface area contributed by atoms with Gasteiger partial charge >= 0.3 is 5.97 Å². The summed E-state index contributed by atoms with van der Waals surface area (Å²) in [6.45, 7) is -0.0188. The number of phenolic OH excluding ortho intramolecular Hbond substituents is 1. The van der Waals surface area contributed by atoms with Crippen LogP contribution >= 0.6 is 0 Å². The van der Waals surface area contributed by atoms with Crippen LogP contribution in [-0.4, -0.2) is 93.0 Å². The van der Waals surface area contributed by atoms with E-state index in [2.05, 4.69) is 26.0 Å². The van der Waals surface area contributed by atoms with Gasteiger partial charge < -0.3 is 36.4 Å². The molecule has 0 spiro atoms. The minimum atomic E-state index is -4.00. The van der Waals surface area contributed by atoms with Crippen molar-refractivity contribution in [2.24, 2.45) is 0 Å². The van der Waals surface area contributed by atoms with Gasteiger partial charge in [-0.25, -0.2) is 17.9 Å². The molecule has 0 aliphatic rings. The van der Waals surface area contributed by atoms with Crippen molar-refractivity contribution in [3.8, 4) is 5.75 Å². The Balaban J connectivity index is 1.10. The van der Waals surface area contributed by atoms with E-state index in [1.54, 1.807) is 48.5 Å². The molecule has 0 aliphatic heterocycles. The number of carbonyl (C=O) groups excluding carboxylic acids is 4. The van der Waals surface area contributed by atoms with Crippen molar-refractivity contribution in [1.82, 2.24) is 26.0 Å². The number of carboxylic acid groups (broad SMARTS) is 1. The number of nitrogens with one attached hydrogen (secondary N) is 5. The number of benzene rings is 7. The zero-order valence-corrected chi connectivity index (χ0v) is 41.5. The fraction of sp³-hybridized carbons (Fsp3) is 0.246.